The second-order valence-corrected chi connectivity index (χ2v) is 8.15. The van der Waals surface area contributed by atoms with Crippen LogP contribution in [0.1, 0.15) is 52.9 Å². The van der Waals surface area contributed by atoms with E-state index in [9.17, 15) is 14.4 Å². The van der Waals surface area contributed by atoms with Crippen LogP contribution >= 0.6 is 0 Å². The molecule has 1 rings (SSSR count). The van der Waals surface area contributed by atoms with Crippen molar-refractivity contribution in [1.82, 2.24) is 9.80 Å². The fourth-order valence-electron chi connectivity index (χ4n) is 4.04. The Hall–Kier alpha value is -1.63. The SMILES string of the molecule is CCC[C@H](C(N)=O)C(CC(C)C)C(=O)N1CCC(C(N)=O)(N(C)C)CC1. The van der Waals surface area contributed by atoms with Gasteiger partial charge in [0.25, 0.3) is 0 Å². The zero-order valence-corrected chi connectivity index (χ0v) is 17.0. The van der Waals surface area contributed by atoms with E-state index in [4.69, 9.17) is 11.5 Å². The largest absolute Gasteiger partial charge is 0.369 e. The maximum atomic E-state index is 13.2. The Kier molecular flexibility index (Phi) is 8.06. The van der Waals surface area contributed by atoms with Crippen molar-refractivity contribution >= 4 is 17.7 Å². The van der Waals surface area contributed by atoms with Crippen LogP contribution < -0.4 is 11.5 Å². The predicted octanol–water partition coefficient (Wildman–Crippen LogP) is 0.958. The molecule has 0 aromatic heterocycles. The summed E-state index contributed by atoms with van der Waals surface area (Å²) in [6.45, 7) is 7.01. The van der Waals surface area contributed by atoms with Crippen molar-refractivity contribution < 1.29 is 14.4 Å². The first-order valence-electron chi connectivity index (χ1n) is 9.62. The van der Waals surface area contributed by atoms with Gasteiger partial charge in [-0.1, -0.05) is 27.2 Å². The smallest absolute Gasteiger partial charge is 0.238 e. The van der Waals surface area contributed by atoms with Crippen LogP contribution in [-0.4, -0.2) is 60.2 Å². The van der Waals surface area contributed by atoms with E-state index in [1.54, 1.807) is 4.90 Å². The Morgan fingerprint density at radius 1 is 1.08 bits per heavy atom. The highest BCUT2D eigenvalue weighted by Crippen LogP contribution is 2.31. The van der Waals surface area contributed by atoms with Crippen molar-refractivity contribution in [2.24, 2.45) is 29.2 Å². The minimum atomic E-state index is -0.711. The van der Waals surface area contributed by atoms with Gasteiger partial charge in [-0.25, -0.2) is 0 Å². The topological polar surface area (TPSA) is 110 Å². The summed E-state index contributed by atoms with van der Waals surface area (Å²) >= 11 is 0. The van der Waals surface area contributed by atoms with Crippen LogP contribution in [0, 0.1) is 17.8 Å². The van der Waals surface area contributed by atoms with Gasteiger partial charge in [-0.15, -0.1) is 0 Å². The van der Waals surface area contributed by atoms with E-state index in [0.717, 1.165) is 6.42 Å². The summed E-state index contributed by atoms with van der Waals surface area (Å²) in [5.74, 6) is -1.32. The number of amides is 3. The van der Waals surface area contributed by atoms with Crippen LogP contribution in [0.2, 0.25) is 0 Å². The van der Waals surface area contributed by atoms with Crippen molar-refractivity contribution in [3.63, 3.8) is 0 Å². The number of likely N-dealkylation sites (tertiary alicyclic amines) is 1. The van der Waals surface area contributed by atoms with Crippen molar-refractivity contribution in [3.05, 3.63) is 0 Å². The molecule has 4 N–H and O–H groups in total. The molecule has 1 saturated heterocycles. The zero-order chi connectivity index (χ0) is 20.1. The van der Waals surface area contributed by atoms with Crippen LogP contribution in [0.4, 0.5) is 0 Å². The summed E-state index contributed by atoms with van der Waals surface area (Å²) in [7, 11) is 3.68. The molecule has 0 saturated carbocycles. The average Bonchev–Trinajstić information content (AvgIpc) is 2.56. The highest BCUT2D eigenvalue weighted by Gasteiger charge is 2.44. The molecule has 1 aliphatic rings. The van der Waals surface area contributed by atoms with E-state index in [1.807, 2.05) is 39.8 Å². The minimum absolute atomic E-state index is 0.0206. The third kappa shape index (κ3) is 4.96. The van der Waals surface area contributed by atoms with Gasteiger partial charge in [0, 0.05) is 24.9 Å². The summed E-state index contributed by atoms with van der Waals surface area (Å²) in [4.78, 5) is 40.8. The van der Waals surface area contributed by atoms with Crippen molar-refractivity contribution in [2.45, 2.75) is 58.4 Å². The lowest BCUT2D eigenvalue weighted by Gasteiger charge is -2.44. The lowest BCUT2D eigenvalue weighted by molar-refractivity contribution is -0.146. The molecule has 26 heavy (non-hydrogen) atoms. The normalized spacial score (nSPS) is 19.4. The Morgan fingerprint density at radius 3 is 1.96 bits per heavy atom. The lowest BCUT2D eigenvalue weighted by Crippen LogP contribution is -2.61. The third-order valence-electron chi connectivity index (χ3n) is 5.71. The van der Waals surface area contributed by atoms with Gasteiger partial charge < -0.3 is 16.4 Å². The van der Waals surface area contributed by atoms with Crippen LogP contribution in [0.5, 0.6) is 0 Å². The first-order chi connectivity index (χ1) is 12.1. The van der Waals surface area contributed by atoms with E-state index in [1.165, 1.54) is 0 Å². The maximum Gasteiger partial charge on any atom is 0.238 e. The minimum Gasteiger partial charge on any atom is -0.369 e. The number of hydrogen-bond acceptors (Lipinski definition) is 4. The molecule has 1 heterocycles. The zero-order valence-electron chi connectivity index (χ0n) is 17.0. The van der Waals surface area contributed by atoms with Gasteiger partial charge in [0.2, 0.25) is 17.7 Å². The van der Waals surface area contributed by atoms with Crippen molar-refractivity contribution in [1.29, 1.82) is 0 Å². The molecular weight excluding hydrogens is 332 g/mol. The van der Waals surface area contributed by atoms with Crippen molar-refractivity contribution in [2.75, 3.05) is 27.2 Å². The summed E-state index contributed by atoms with van der Waals surface area (Å²) in [6, 6.07) is 0. The molecule has 1 unspecified atom stereocenters. The molecular formula is C19H36N4O3. The summed E-state index contributed by atoms with van der Waals surface area (Å²) < 4.78 is 0. The molecule has 0 aromatic rings. The van der Waals surface area contributed by atoms with Gasteiger partial charge in [-0.3, -0.25) is 19.3 Å². The van der Waals surface area contributed by atoms with Gasteiger partial charge in [0.1, 0.15) is 5.54 Å². The van der Waals surface area contributed by atoms with Gasteiger partial charge in [0.05, 0.1) is 0 Å². The van der Waals surface area contributed by atoms with Gasteiger partial charge >= 0.3 is 0 Å². The number of rotatable bonds is 9. The molecule has 1 aliphatic heterocycles. The quantitative estimate of drug-likeness (QED) is 0.631. The molecule has 0 aromatic carbocycles. The van der Waals surface area contributed by atoms with Crippen molar-refractivity contribution in [3.8, 4) is 0 Å². The van der Waals surface area contributed by atoms with Gasteiger partial charge in [0.15, 0.2) is 0 Å². The standard InChI is InChI=1S/C19H36N4O3/c1-6-7-14(16(20)24)15(12-13(2)3)17(25)23-10-8-19(9-11-23,18(21)26)22(4)5/h13-15H,6-12H2,1-5H3,(H2,20,24)(H2,21,26)/t14-,15?/m0/s1. The van der Waals surface area contributed by atoms with Gasteiger partial charge in [-0.05, 0) is 45.7 Å². The number of primary amides is 2. The van der Waals surface area contributed by atoms with E-state index in [2.05, 4.69) is 0 Å². The predicted molar refractivity (Wildman–Crippen MR) is 102 cm³/mol. The number of piperidine rings is 1. The molecule has 0 spiro atoms. The number of carbonyl (C=O) groups is 3. The van der Waals surface area contributed by atoms with Crippen LogP contribution in [0.25, 0.3) is 0 Å². The molecule has 0 radical (unpaired) electrons. The number of likely N-dealkylation sites (N-methyl/N-ethyl adjacent to an activating group) is 1. The molecule has 0 bridgehead atoms. The Morgan fingerprint density at radius 2 is 1.62 bits per heavy atom. The molecule has 7 heteroatoms. The maximum absolute atomic E-state index is 13.2. The first-order valence-corrected chi connectivity index (χ1v) is 9.62. The molecule has 2 atom stereocenters. The van der Waals surface area contributed by atoms with E-state index in [-0.39, 0.29) is 11.8 Å². The summed E-state index contributed by atoms with van der Waals surface area (Å²) in [5, 5.41) is 0. The van der Waals surface area contributed by atoms with Gasteiger partial charge in [-0.2, -0.15) is 0 Å². The lowest BCUT2D eigenvalue weighted by atomic mass is 9.80. The fraction of sp³-hybridized carbons (Fsp3) is 0.842. The Balaban J connectivity index is 2.96. The van der Waals surface area contributed by atoms with E-state index < -0.39 is 23.3 Å². The highest BCUT2D eigenvalue weighted by atomic mass is 16.2. The highest BCUT2D eigenvalue weighted by molar-refractivity contribution is 5.88. The monoisotopic (exact) mass is 368 g/mol. The second-order valence-electron chi connectivity index (χ2n) is 8.15. The number of nitrogens with two attached hydrogens (primary N) is 2. The number of hydrogen-bond donors (Lipinski definition) is 2. The molecule has 150 valence electrons. The van der Waals surface area contributed by atoms with Crippen LogP contribution in [0.15, 0.2) is 0 Å². The third-order valence-corrected chi connectivity index (χ3v) is 5.71. The molecule has 7 nitrogen and oxygen atoms in total. The fourth-order valence-corrected chi connectivity index (χ4v) is 4.04. The second kappa shape index (κ2) is 9.35. The molecule has 0 aliphatic carbocycles. The molecule has 3 amide bonds. The number of nitrogens with zero attached hydrogens (tertiary/aromatic N) is 2. The van der Waals surface area contributed by atoms with Crippen LogP contribution in [0.3, 0.4) is 0 Å². The van der Waals surface area contributed by atoms with E-state index in [0.29, 0.717) is 44.7 Å². The van der Waals surface area contributed by atoms with Crippen LogP contribution in [-0.2, 0) is 14.4 Å². The summed E-state index contributed by atoms with van der Waals surface area (Å²) in [6.07, 6.45) is 3.07. The Labute approximate surface area is 157 Å². The Bertz CT molecular complexity index is 511. The molecule has 1 fully saturated rings. The average molecular weight is 369 g/mol. The number of carbonyl (C=O) groups excluding carboxylic acids is 3. The van der Waals surface area contributed by atoms with E-state index >= 15 is 0 Å². The first kappa shape index (κ1) is 22.4. The summed E-state index contributed by atoms with van der Waals surface area (Å²) in [5.41, 5.74) is 10.5.